The monoisotopic (exact) mass is 368 g/mol. The Kier molecular flexibility index (Phi) is 5.90. The summed E-state index contributed by atoms with van der Waals surface area (Å²) in [7, 11) is 0. The third-order valence-electron chi connectivity index (χ3n) is 5.71. The van der Waals surface area contributed by atoms with Gasteiger partial charge in [-0.2, -0.15) is 13.2 Å². The summed E-state index contributed by atoms with van der Waals surface area (Å²) in [6.45, 7) is 4.22. The molecule has 2 heterocycles. The first-order valence-electron chi connectivity index (χ1n) is 9.46. The van der Waals surface area contributed by atoms with E-state index in [1.165, 1.54) is 5.56 Å². The maximum Gasteiger partial charge on any atom is 0.389 e. The Morgan fingerprint density at radius 1 is 1.08 bits per heavy atom. The van der Waals surface area contributed by atoms with Crippen molar-refractivity contribution in [2.45, 2.75) is 44.7 Å². The Balaban J connectivity index is 1.50. The molecule has 1 atom stereocenters. The zero-order chi connectivity index (χ0) is 18.6. The van der Waals surface area contributed by atoms with Crippen molar-refractivity contribution in [2.75, 3.05) is 32.7 Å². The van der Waals surface area contributed by atoms with Crippen LogP contribution in [-0.4, -0.2) is 54.6 Å². The summed E-state index contributed by atoms with van der Waals surface area (Å²) in [6.07, 6.45) is -1.61. The van der Waals surface area contributed by atoms with Gasteiger partial charge in [-0.05, 0) is 37.8 Å². The van der Waals surface area contributed by atoms with Crippen LogP contribution in [0.5, 0.6) is 0 Å². The highest BCUT2D eigenvalue weighted by Gasteiger charge is 2.43. The molecule has 0 aliphatic carbocycles. The smallest absolute Gasteiger partial charge is 0.342 e. The minimum Gasteiger partial charge on any atom is -0.342 e. The molecule has 2 aliphatic heterocycles. The molecule has 2 saturated heterocycles. The van der Waals surface area contributed by atoms with Crippen LogP contribution in [0.15, 0.2) is 30.3 Å². The molecule has 144 valence electrons. The average molecular weight is 368 g/mol. The maximum absolute atomic E-state index is 12.3. The van der Waals surface area contributed by atoms with Gasteiger partial charge in [-0.1, -0.05) is 30.3 Å². The zero-order valence-corrected chi connectivity index (χ0v) is 15.1. The second-order valence-electron chi connectivity index (χ2n) is 7.80. The predicted octanol–water partition coefficient (Wildman–Crippen LogP) is 3.89. The number of alkyl halides is 3. The number of rotatable bonds is 5. The van der Waals surface area contributed by atoms with Gasteiger partial charge in [-0.25, -0.2) is 0 Å². The number of carbonyl (C=O) groups excluding carboxylic acids is 1. The van der Waals surface area contributed by atoms with Crippen LogP contribution in [0.25, 0.3) is 0 Å². The van der Waals surface area contributed by atoms with E-state index in [-0.39, 0.29) is 11.3 Å². The summed E-state index contributed by atoms with van der Waals surface area (Å²) >= 11 is 0. The van der Waals surface area contributed by atoms with Crippen molar-refractivity contribution >= 4 is 5.91 Å². The number of hydrogen-bond donors (Lipinski definition) is 0. The van der Waals surface area contributed by atoms with Gasteiger partial charge < -0.3 is 9.80 Å². The third-order valence-corrected chi connectivity index (χ3v) is 5.71. The number of piperidine rings is 1. The fraction of sp³-hybridized carbons (Fsp3) is 0.650. The summed E-state index contributed by atoms with van der Waals surface area (Å²) in [4.78, 5) is 16.2. The van der Waals surface area contributed by atoms with Gasteiger partial charge in [0.05, 0.1) is 6.42 Å². The van der Waals surface area contributed by atoms with Crippen LogP contribution in [0.2, 0.25) is 0 Å². The van der Waals surface area contributed by atoms with Gasteiger partial charge in [0.15, 0.2) is 0 Å². The van der Waals surface area contributed by atoms with E-state index >= 15 is 0 Å². The average Bonchev–Trinajstić information content (AvgIpc) is 3.01. The first kappa shape index (κ1) is 19.2. The van der Waals surface area contributed by atoms with Gasteiger partial charge >= 0.3 is 6.18 Å². The van der Waals surface area contributed by atoms with Crippen LogP contribution in [0.1, 0.15) is 37.7 Å². The van der Waals surface area contributed by atoms with Crippen LogP contribution in [-0.2, 0) is 11.2 Å². The molecule has 1 unspecified atom stereocenters. The van der Waals surface area contributed by atoms with Gasteiger partial charge in [0.25, 0.3) is 0 Å². The lowest BCUT2D eigenvalue weighted by Gasteiger charge is -2.40. The van der Waals surface area contributed by atoms with Gasteiger partial charge in [0, 0.05) is 38.0 Å². The SMILES string of the molecule is O=C(CCC(F)(F)F)N1CCC2(CCCN(CCc3ccccc3)C2)C1. The van der Waals surface area contributed by atoms with Crippen molar-refractivity contribution in [2.24, 2.45) is 5.41 Å². The van der Waals surface area contributed by atoms with E-state index in [2.05, 4.69) is 29.2 Å². The molecule has 3 rings (SSSR count). The molecule has 2 fully saturated rings. The normalized spacial score (nSPS) is 24.3. The van der Waals surface area contributed by atoms with Gasteiger partial charge in [-0.3, -0.25) is 4.79 Å². The highest BCUT2D eigenvalue weighted by molar-refractivity contribution is 5.76. The Labute approximate surface area is 153 Å². The number of likely N-dealkylation sites (tertiary alicyclic amines) is 2. The van der Waals surface area contributed by atoms with Crippen molar-refractivity contribution in [3.8, 4) is 0 Å². The number of halogens is 3. The van der Waals surface area contributed by atoms with Gasteiger partial charge in [0.2, 0.25) is 5.91 Å². The first-order valence-corrected chi connectivity index (χ1v) is 9.46. The lowest BCUT2D eigenvalue weighted by Crippen LogP contribution is -2.46. The summed E-state index contributed by atoms with van der Waals surface area (Å²) in [5, 5.41) is 0. The van der Waals surface area contributed by atoms with E-state index in [0.717, 1.165) is 45.3 Å². The van der Waals surface area contributed by atoms with E-state index in [0.29, 0.717) is 13.1 Å². The molecule has 0 aromatic heterocycles. The second kappa shape index (κ2) is 7.99. The first-order chi connectivity index (χ1) is 12.4. The number of carbonyl (C=O) groups is 1. The molecule has 1 amide bonds. The Hall–Kier alpha value is -1.56. The van der Waals surface area contributed by atoms with Crippen molar-refractivity contribution in [1.82, 2.24) is 9.80 Å². The predicted molar refractivity (Wildman–Crippen MR) is 94.7 cm³/mol. The number of nitrogens with zero attached hydrogens (tertiary/aromatic N) is 2. The fourth-order valence-electron chi connectivity index (χ4n) is 4.32. The molecule has 0 radical (unpaired) electrons. The summed E-state index contributed by atoms with van der Waals surface area (Å²) in [5.41, 5.74) is 1.39. The molecule has 2 aliphatic rings. The quantitative estimate of drug-likeness (QED) is 0.787. The Morgan fingerprint density at radius 3 is 2.58 bits per heavy atom. The van der Waals surface area contributed by atoms with Crippen LogP contribution < -0.4 is 0 Å². The van der Waals surface area contributed by atoms with Crippen molar-refractivity contribution in [3.05, 3.63) is 35.9 Å². The lowest BCUT2D eigenvalue weighted by molar-refractivity contribution is -0.148. The molecular weight excluding hydrogens is 341 g/mol. The number of amides is 1. The molecule has 0 saturated carbocycles. The standard InChI is InChI=1S/C20H27F3N2O/c21-20(22,23)10-7-18(26)25-14-11-19(16-25)9-4-12-24(15-19)13-8-17-5-2-1-3-6-17/h1-3,5-6H,4,7-16H2. The van der Waals surface area contributed by atoms with Crippen molar-refractivity contribution < 1.29 is 18.0 Å². The van der Waals surface area contributed by atoms with Crippen LogP contribution in [0.4, 0.5) is 13.2 Å². The van der Waals surface area contributed by atoms with Gasteiger partial charge in [-0.15, -0.1) is 0 Å². The second-order valence-corrected chi connectivity index (χ2v) is 7.80. The number of benzene rings is 1. The minimum atomic E-state index is -4.26. The van der Waals surface area contributed by atoms with Crippen LogP contribution >= 0.6 is 0 Å². The topological polar surface area (TPSA) is 23.6 Å². The van der Waals surface area contributed by atoms with E-state index in [1.807, 2.05) is 6.07 Å². The molecule has 0 N–H and O–H groups in total. The van der Waals surface area contributed by atoms with Crippen molar-refractivity contribution in [3.63, 3.8) is 0 Å². The summed E-state index contributed by atoms with van der Waals surface area (Å²) in [5.74, 6) is -0.347. The molecule has 1 aromatic rings. The molecular formula is C20H27F3N2O. The molecule has 1 aromatic carbocycles. The summed E-state index contributed by atoms with van der Waals surface area (Å²) in [6, 6.07) is 10.4. The lowest BCUT2D eigenvalue weighted by atomic mass is 9.79. The Bertz CT molecular complexity index is 605. The zero-order valence-electron chi connectivity index (χ0n) is 15.1. The molecule has 0 bridgehead atoms. The maximum atomic E-state index is 12.3. The van der Waals surface area contributed by atoms with E-state index in [1.54, 1.807) is 4.90 Å². The van der Waals surface area contributed by atoms with Crippen LogP contribution in [0, 0.1) is 5.41 Å². The highest BCUT2D eigenvalue weighted by atomic mass is 19.4. The summed E-state index contributed by atoms with van der Waals surface area (Å²) < 4.78 is 37.0. The molecule has 1 spiro atoms. The van der Waals surface area contributed by atoms with E-state index in [9.17, 15) is 18.0 Å². The minimum absolute atomic E-state index is 0.0723. The van der Waals surface area contributed by atoms with Crippen molar-refractivity contribution in [1.29, 1.82) is 0 Å². The van der Waals surface area contributed by atoms with Gasteiger partial charge in [0.1, 0.15) is 0 Å². The third kappa shape index (κ3) is 5.22. The largest absolute Gasteiger partial charge is 0.389 e. The highest BCUT2D eigenvalue weighted by Crippen LogP contribution is 2.39. The fourth-order valence-corrected chi connectivity index (χ4v) is 4.32. The number of hydrogen-bond acceptors (Lipinski definition) is 2. The van der Waals surface area contributed by atoms with E-state index in [4.69, 9.17) is 0 Å². The molecule has 6 heteroatoms. The van der Waals surface area contributed by atoms with E-state index < -0.39 is 19.0 Å². The Morgan fingerprint density at radius 2 is 1.85 bits per heavy atom. The van der Waals surface area contributed by atoms with Crippen LogP contribution in [0.3, 0.4) is 0 Å². The molecule has 26 heavy (non-hydrogen) atoms. The molecule has 3 nitrogen and oxygen atoms in total.